The zero-order chi connectivity index (χ0) is 6.10. The summed E-state index contributed by atoms with van der Waals surface area (Å²) >= 11 is 0. The van der Waals surface area contributed by atoms with Gasteiger partial charge in [0.25, 0.3) is 0 Å². The summed E-state index contributed by atoms with van der Waals surface area (Å²) in [4.78, 5) is 3.10. The molecule has 1 aliphatic carbocycles. The van der Waals surface area contributed by atoms with Crippen molar-refractivity contribution < 1.29 is 0 Å². The molecule has 9 heavy (non-hydrogen) atoms. The lowest BCUT2D eigenvalue weighted by Crippen LogP contribution is -1.90. The Morgan fingerprint density at radius 1 is 1.00 bits per heavy atom. The van der Waals surface area contributed by atoms with E-state index in [1.54, 1.807) is 0 Å². The van der Waals surface area contributed by atoms with Crippen LogP contribution in [0, 0.1) is 0 Å². The number of allylic oxidation sites excluding steroid dienone is 2. The second-order valence-corrected chi connectivity index (χ2v) is 2.39. The van der Waals surface area contributed by atoms with Gasteiger partial charge in [-0.05, 0) is 24.0 Å². The van der Waals surface area contributed by atoms with Crippen LogP contribution >= 0.6 is 0 Å². The van der Waals surface area contributed by atoms with Crippen molar-refractivity contribution in [2.75, 3.05) is 0 Å². The number of H-pyrrole nitrogens is 1. The van der Waals surface area contributed by atoms with Gasteiger partial charge in [0.15, 0.2) is 0 Å². The lowest BCUT2D eigenvalue weighted by Gasteiger charge is -2.01. The summed E-state index contributed by atoms with van der Waals surface area (Å²) < 4.78 is 0. The van der Waals surface area contributed by atoms with Crippen molar-refractivity contribution in [3.05, 3.63) is 35.7 Å². The Morgan fingerprint density at radius 3 is 2.11 bits per heavy atom. The molecule has 1 heteroatoms. The van der Waals surface area contributed by atoms with E-state index in [0.29, 0.717) is 0 Å². The summed E-state index contributed by atoms with van der Waals surface area (Å²) in [6.07, 6.45) is 10.8. The highest BCUT2D eigenvalue weighted by atomic mass is 14.6. The van der Waals surface area contributed by atoms with Crippen LogP contribution in [0.4, 0.5) is 0 Å². The molecular formula is C8H9N. The van der Waals surface area contributed by atoms with E-state index in [4.69, 9.17) is 0 Å². The van der Waals surface area contributed by atoms with Crippen LogP contribution in [-0.2, 0) is 12.8 Å². The molecule has 0 atom stereocenters. The lowest BCUT2D eigenvalue weighted by molar-refractivity contribution is 1.12. The minimum absolute atomic E-state index is 1.11. The van der Waals surface area contributed by atoms with E-state index in [9.17, 15) is 0 Å². The molecule has 0 aromatic carbocycles. The van der Waals surface area contributed by atoms with Crippen molar-refractivity contribution in [1.29, 1.82) is 0 Å². The molecule has 0 fully saturated rings. The maximum atomic E-state index is 3.10. The number of aromatic nitrogens is 1. The molecule has 0 saturated carbocycles. The van der Waals surface area contributed by atoms with Gasteiger partial charge in [-0.2, -0.15) is 0 Å². The van der Waals surface area contributed by atoms with Gasteiger partial charge < -0.3 is 4.98 Å². The molecular weight excluding hydrogens is 110 g/mol. The van der Waals surface area contributed by atoms with Gasteiger partial charge in [0.2, 0.25) is 0 Å². The highest BCUT2D eigenvalue weighted by Crippen LogP contribution is 2.14. The van der Waals surface area contributed by atoms with Gasteiger partial charge in [-0.15, -0.1) is 0 Å². The minimum Gasteiger partial charge on any atom is -0.367 e. The number of fused-ring (bicyclic) bond motifs is 1. The van der Waals surface area contributed by atoms with E-state index in [1.807, 2.05) is 0 Å². The topological polar surface area (TPSA) is 15.8 Å². The first-order valence-electron chi connectivity index (χ1n) is 3.26. The molecule has 0 saturated heterocycles. The number of hydrogen-bond acceptors (Lipinski definition) is 0. The predicted octanol–water partition coefficient (Wildman–Crippen LogP) is 1.67. The van der Waals surface area contributed by atoms with Crippen molar-refractivity contribution in [3.63, 3.8) is 0 Å². The highest BCUT2D eigenvalue weighted by Gasteiger charge is 2.02. The highest BCUT2D eigenvalue weighted by molar-refractivity contribution is 5.30. The van der Waals surface area contributed by atoms with E-state index in [0.717, 1.165) is 12.8 Å². The van der Waals surface area contributed by atoms with E-state index >= 15 is 0 Å². The predicted molar refractivity (Wildman–Crippen MR) is 37.3 cm³/mol. The zero-order valence-electron chi connectivity index (χ0n) is 5.22. The Labute approximate surface area is 54.4 Å². The smallest absolute Gasteiger partial charge is 0.00434 e. The third kappa shape index (κ3) is 0.689. The number of rotatable bonds is 0. The Balaban J connectivity index is 2.46. The molecule has 46 valence electrons. The molecule has 0 amide bonds. The molecule has 1 aromatic rings. The molecule has 0 spiro atoms. The largest absolute Gasteiger partial charge is 0.367 e. The van der Waals surface area contributed by atoms with Crippen molar-refractivity contribution in [3.8, 4) is 0 Å². The first kappa shape index (κ1) is 4.86. The maximum absolute atomic E-state index is 3.10. The Hall–Kier alpha value is -0.980. The molecule has 0 unspecified atom stereocenters. The van der Waals surface area contributed by atoms with E-state index in [-0.39, 0.29) is 0 Å². The summed E-state index contributed by atoms with van der Waals surface area (Å²) in [7, 11) is 0. The average Bonchev–Trinajstić information content (AvgIpc) is 2.33. The quantitative estimate of drug-likeness (QED) is 0.500. The van der Waals surface area contributed by atoms with Crippen LogP contribution < -0.4 is 0 Å². The standard InChI is InChI=1S/C8H9N/c1-2-4-8-6-9-5-7(8)3-1/h1-2,5-6,9H,3-4H2. The minimum atomic E-state index is 1.11. The van der Waals surface area contributed by atoms with Crippen LogP contribution in [-0.4, -0.2) is 4.98 Å². The molecule has 1 nitrogen and oxygen atoms in total. The van der Waals surface area contributed by atoms with E-state index in [2.05, 4.69) is 29.5 Å². The molecule has 1 N–H and O–H groups in total. The average molecular weight is 119 g/mol. The van der Waals surface area contributed by atoms with Gasteiger partial charge in [0, 0.05) is 12.4 Å². The molecule has 1 heterocycles. The van der Waals surface area contributed by atoms with Crippen molar-refractivity contribution in [2.45, 2.75) is 12.8 Å². The first-order valence-corrected chi connectivity index (χ1v) is 3.26. The van der Waals surface area contributed by atoms with Gasteiger partial charge in [0.05, 0.1) is 0 Å². The number of aromatic amines is 1. The summed E-state index contributed by atoms with van der Waals surface area (Å²) in [5.74, 6) is 0. The van der Waals surface area contributed by atoms with Gasteiger partial charge in [-0.25, -0.2) is 0 Å². The van der Waals surface area contributed by atoms with E-state index in [1.165, 1.54) is 11.1 Å². The Kier molecular flexibility index (Phi) is 0.950. The summed E-state index contributed by atoms with van der Waals surface area (Å²) in [5, 5.41) is 0. The third-order valence-corrected chi connectivity index (χ3v) is 1.77. The fourth-order valence-electron chi connectivity index (χ4n) is 1.23. The SMILES string of the molecule is C1=CCc2c[nH]cc2C1. The molecule has 1 aromatic heterocycles. The second kappa shape index (κ2) is 1.76. The molecule has 2 rings (SSSR count). The van der Waals surface area contributed by atoms with Crippen molar-refractivity contribution in [2.24, 2.45) is 0 Å². The summed E-state index contributed by atoms with van der Waals surface area (Å²) in [5.41, 5.74) is 2.91. The Bertz CT molecular complexity index is 210. The number of nitrogens with one attached hydrogen (secondary N) is 1. The first-order chi connectivity index (χ1) is 4.47. The third-order valence-electron chi connectivity index (χ3n) is 1.77. The monoisotopic (exact) mass is 119 g/mol. The zero-order valence-corrected chi connectivity index (χ0v) is 5.22. The molecule has 0 radical (unpaired) electrons. The van der Waals surface area contributed by atoms with Crippen molar-refractivity contribution in [1.82, 2.24) is 4.98 Å². The van der Waals surface area contributed by atoms with Crippen LogP contribution in [0.15, 0.2) is 24.5 Å². The second-order valence-electron chi connectivity index (χ2n) is 2.39. The van der Waals surface area contributed by atoms with Crippen LogP contribution in [0.25, 0.3) is 0 Å². The Morgan fingerprint density at radius 2 is 1.56 bits per heavy atom. The fraction of sp³-hybridized carbons (Fsp3) is 0.250. The maximum Gasteiger partial charge on any atom is 0.00434 e. The van der Waals surface area contributed by atoms with Crippen LogP contribution in [0.3, 0.4) is 0 Å². The summed E-state index contributed by atoms with van der Waals surface area (Å²) in [6, 6.07) is 0. The van der Waals surface area contributed by atoms with Gasteiger partial charge in [0.1, 0.15) is 0 Å². The molecule has 0 bridgehead atoms. The fourth-order valence-corrected chi connectivity index (χ4v) is 1.23. The van der Waals surface area contributed by atoms with Crippen LogP contribution in [0.5, 0.6) is 0 Å². The van der Waals surface area contributed by atoms with E-state index < -0.39 is 0 Å². The van der Waals surface area contributed by atoms with Crippen LogP contribution in [0.1, 0.15) is 11.1 Å². The van der Waals surface area contributed by atoms with Crippen molar-refractivity contribution >= 4 is 0 Å². The molecule has 0 aliphatic heterocycles. The van der Waals surface area contributed by atoms with Gasteiger partial charge >= 0.3 is 0 Å². The van der Waals surface area contributed by atoms with Crippen LogP contribution in [0.2, 0.25) is 0 Å². The van der Waals surface area contributed by atoms with Gasteiger partial charge in [-0.1, -0.05) is 12.2 Å². The lowest BCUT2D eigenvalue weighted by atomic mass is 10.0. The van der Waals surface area contributed by atoms with Gasteiger partial charge in [-0.3, -0.25) is 0 Å². The number of hydrogen-bond donors (Lipinski definition) is 1. The molecule has 1 aliphatic rings. The normalized spacial score (nSPS) is 15.6. The summed E-state index contributed by atoms with van der Waals surface area (Å²) in [6.45, 7) is 0.